The molecule has 24 heavy (non-hydrogen) atoms. The summed E-state index contributed by atoms with van der Waals surface area (Å²) >= 11 is 0. The summed E-state index contributed by atoms with van der Waals surface area (Å²) in [5.41, 5.74) is -0.0000892. The van der Waals surface area contributed by atoms with E-state index in [1.165, 1.54) is 6.07 Å². The fraction of sp³-hybridized carbons (Fsp3) is 0.176. The van der Waals surface area contributed by atoms with E-state index in [2.05, 4.69) is 15.5 Å². The van der Waals surface area contributed by atoms with Crippen molar-refractivity contribution in [3.8, 4) is 0 Å². The van der Waals surface area contributed by atoms with Crippen LogP contribution in [0, 0.1) is 0 Å². The van der Waals surface area contributed by atoms with Crippen LogP contribution in [-0.2, 0) is 0 Å². The normalized spacial score (nSPS) is 13.8. The quantitative estimate of drug-likeness (QED) is 0.764. The summed E-state index contributed by atoms with van der Waals surface area (Å²) in [6.45, 7) is 0. The number of carbonyl (C=O) groups is 2. The SMILES string of the molecule is O=C(Nc1nnc(C2CC2)o1)c1ccc2ccccc2c1C(=O)O. The molecule has 0 radical (unpaired) electrons. The first-order valence-electron chi connectivity index (χ1n) is 7.53. The minimum Gasteiger partial charge on any atom is -0.478 e. The molecule has 120 valence electrons. The van der Waals surface area contributed by atoms with Gasteiger partial charge in [-0.1, -0.05) is 35.4 Å². The molecule has 1 saturated carbocycles. The van der Waals surface area contributed by atoms with Gasteiger partial charge in [-0.25, -0.2) is 4.79 Å². The highest BCUT2D eigenvalue weighted by Crippen LogP contribution is 2.39. The zero-order chi connectivity index (χ0) is 16.7. The summed E-state index contributed by atoms with van der Waals surface area (Å²) < 4.78 is 5.39. The van der Waals surface area contributed by atoms with Crippen molar-refractivity contribution in [2.45, 2.75) is 18.8 Å². The number of rotatable bonds is 4. The smallest absolute Gasteiger partial charge is 0.337 e. The number of benzene rings is 2. The molecule has 1 aromatic heterocycles. The number of aromatic nitrogens is 2. The Morgan fingerprint density at radius 1 is 1.12 bits per heavy atom. The van der Waals surface area contributed by atoms with Crippen molar-refractivity contribution in [2.24, 2.45) is 0 Å². The zero-order valence-electron chi connectivity index (χ0n) is 12.5. The van der Waals surface area contributed by atoms with Gasteiger partial charge in [0.25, 0.3) is 5.91 Å². The average molecular weight is 323 g/mol. The minimum absolute atomic E-state index is 0.0219. The second kappa shape index (κ2) is 5.45. The maximum absolute atomic E-state index is 12.5. The van der Waals surface area contributed by atoms with Crippen LogP contribution in [0.5, 0.6) is 0 Å². The predicted octanol–water partition coefficient (Wildman–Crippen LogP) is 3.05. The topological polar surface area (TPSA) is 105 Å². The number of fused-ring (bicyclic) bond motifs is 1. The number of hydrogen-bond donors (Lipinski definition) is 2. The highest BCUT2D eigenvalue weighted by molar-refractivity contribution is 6.16. The van der Waals surface area contributed by atoms with E-state index in [0.29, 0.717) is 11.3 Å². The van der Waals surface area contributed by atoms with Gasteiger partial charge in [-0.05, 0) is 29.7 Å². The summed E-state index contributed by atoms with van der Waals surface area (Å²) in [6.07, 6.45) is 2.01. The van der Waals surface area contributed by atoms with Crippen molar-refractivity contribution in [1.29, 1.82) is 0 Å². The second-order valence-electron chi connectivity index (χ2n) is 5.69. The molecule has 2 N–H and O–H groups in total. The van der Waals surface area contributed by atoms with E-state index >= 15 is 0 Å². The maximum Gasteiger partial charge on any atom is 0.337 e. The van der Waals surface area contributed by atoms with Crippen LogP contribution in [0.3, 0.4) is 0 Å². The lowest BCUT2D eigenvalue weighted by Crippen LogP contribution is -2.17. The van der Waals surface area contributed by atoms with Crippen LogP contribution in [0.25, 0.3) is 10.8 Å². The molecule has 3 aromatic rings. The first-order valence-corrected chi connectivity index (χ1v) is 7.53. The number of carboxylic acids is 1. The average Bonchev–Trinajstić information content (AvgIpc) is 3.33. The Morgan fingerprint density at radius 2 is 1.92 bits per heavy atom. The molecule has 1 aliphatic rings. The van der Waals surface area contributed by atoms with Gasteiger partial charge in [0.05, 0.1) is 11.1 Å². The van der Waals surface area contributed by atoms with Gasteiger partial charge in [-0.15, -0.1) is 5.10 Å². The number of anilines is 1. The first-order chi connectivity index (χ1) is 11.6. The number of nitrogens with one attached hydrogen (secondary N) is 1. The molecule has 7 nitrogen and oxygen atoms in total. The standard InChI is InChI=1S/C17H13N3O4/c21-14(18-17-20-19-15(24-17)10-5-6-10)12-8-7-9-3-1-2-4-11(9)13(12)16(22)23/h1-4,7-8,10H,5-6H2,(H,22,23)(H,18,20,21). The molecule has 7 heteroatoms. The van der Waals surface area contributed by atoms with Crippen LogP contribution in [0.2, 0.25) is 0 Å². The lowest BCUT2D eigenvalue weighted by atomic mass is 9.98. The Kier molecular flexibility index (Phi) is 3.26. The molecule has 4 rings (SSSR count). The minimum atomic E-state index is -1.17. The molecule has 0 saturated heterocycles. The Balaban J connectivity index is 1.70. The van der Waals surface area contributed by atoms with E-state index in [1.54, 1.807) is 24.3 Å². The summed E-state index contributed by atoms with van der Waals surface area (Å²) in [5, 5.41) is 20.9. The van der Waals surface area contributed by atoms with Crippen LogP contribution < -0.4 is 5.32 Å². The van der Waals surface area contributed by atoms with Crippen LogP contribution in [0.1, 0.15) is 45.4 Å². The number of hydrogen-bond acceptors (Lipinski definition) is 5. The largest absolute Gasteiger partial charge is 0.478 e. The maximum atomic E-state index is 12.5. The first kappa shape index (κ1) is 14.4. The van der Waals surface area contributed by atoms with Gasteiger partial charge in [-0.3, -0.25) is 10.1 Å². The molecule has 0 spiro atoms. The molecule has 0 bridgehead atoms. The van der Waals surface area contributed by atoms with Crippen molar-refractivity contribution < 1.29 is 19.1 Å². The number of aromatic carboxylic acids is 1. The Bertz CT molecular complexity index is 959. The van der Waals surface area contributed by atoms with Crippen LogP contribution in [-0.4, -0.2) is 27.2 Å². The summed E-state index contributed by atoms with van der Waals surface area (Å²) in [7, 11) is 0. The second-order valence-corrected chi connectivity index (χ2v) is 5.69. The van der Waals surface area contributed by atoms with E-state index in [1.807, 2.05) is 6.07 Å². The summed E-state index contributed by atoms with van der Waals surface area (Å²) in [5.74, 6) is -0.981. The lowest BCUT2D eigenvalue weighted by Gasteiger charge is -2.08. The van der Waals surface area contributed by atoms with E-state index in [4.69, 9.17) is 4.42 Å². The molecule has 1 fully saturated rings. The molecule has 0 unspecified atom stereocenters. The van der Waals surface area contributed by atoms with Gasteiger partial charge in [0, 0.05) is 5.92 Å². The van der Waals surface area contributed by atoms with Crippen molar-refractivity contribution in [3.05, 3.63) is 53.4 Å². The van der Waals surface area contributed by atoms with Gasteiger partial charge in [-0.2, -0.15) is 0 Å². The Labute approximate surface area is 136 Å². The zero-order valence-corrected chi connectivity index (χ0v) is 12.5. The highest BCUT2D eigenvalue weighted by Gasteiger charge is 2.30. The number of amides is 1. The van der Waals surface area contributed by atoms with E-state index in [-0.39, 0.29) is 23.1 Å². The van der Waals surface area contributed by atoms with E-state index in [0.717, 1.165) is 18.2 Å². The van der Waals surface area contributed by atoms with Crippen LogP contribution >= 0.6 is 0 Å². The van der Waals surface area contributed by atoms with Crippen LogP contribution in [0.15, 0.2) is 40.8 Å². The molecule has 0 atom stereocenters. The van der Waals surface area contributed by atoms with Gasteiger partial charge >= 0.3 is 12.0 Å². The molecule has 1 amide bonds. The molecule has 1 aliphatic carbocycles. The molecule has 1 heterocycles. The van der Waals surface area contributed by atoms with Gasteiger partial charge in [0.15, 0.2) is 0 Å². The predicted molar refractivity (Wildman–Crippen MR) is 85.1 cm³/mol. The van der Waals surface area contributed by atoms with E-state index < -0.39 is 11.9 Å². The number of carbonyl (C=O) groups excluding carboxylic acids is 1. The molecule has 2 aromatic carbocycles. The number of carboxylic acid groups (broad SMARTS) is 1. The molecular weight excluding hydrogens is 310 g/mol. The van der Waals surface area contributed by atoms with Gasteiger partial charge in [0.1, 0.15) is 0 Å². The van der Waals surface area contributed by atoms with Crippen molar-refractivity contribution in [1.82, 2.24) is 10.2 Å². The third-order valence-electron chi connectivity index (χ3n) is 3.98. The van der Waals surface area contributed by atoms with Gasteiger partial charge < -0.3 is 9.52 Å². The Morgan fingerprint density at radius 3 is 2.67 bits per heavy atom. The van der Waals surface area contributed by atoms with Crippen molar-refractivity contribution in [3.63, 3.8) is 0 Å². The van der Waals surface area contributed by atoms with Crippen LogP contribution in [0.4, 0.5) is 6.01 Å². The fourth-order valence-electron chi connectivity index (χ4n) is 2.64. The van der Waals surface area contributed by atoms with Crippen molar-refractivity contribution in [2.75, 3.05) is 5.32 Å². The summed E-state index contributed by atoms with van der Waals surface area (Å²) in [6, 6.07) is 10.2. The van der Waals surface area contributed by atoms with Gasteiger partial charge in [0.2, 0.25) is 5.89 Å². The van der Waals surface area contributed by atoms with E-state index in [9.17, 15) is 14.7 Å². The molecule has 0 aliphatic heterocycles. The third kappa shape index (κ3) is 2.50. The number of nitrogens with zero attached hydrogens (tertiary/aromatic N) is 2. The Hall–Kier alpha value is -3.22. The molecular formula is C17H13N3O4. The highest BCUT2D eigenvalue weighted by atomic mass is 16.4. The fourth-order valence-corrected chi connectivity index (χ4v) is 2.64. The third-order valence-corrected chi connectivity index (χ3v) is 3.98. The van der Waals surface area contributed by atoms with Crippen molar-refractivity contribution >= 4 is 28.7 Å². The monoisotopic (exact) mass is 323 g/mol. The summed E-state index contributed by atoms with van der Waals surface area (Å²) in [4.78, 5) is 24.1. The lowest BCUT2D eigenvalue weighted by molar-refractivity contribution is 0.0694.